The molecule has 0 aromatic carbocycles. The highest BCUT2D eigenvalue weighted by Gasteiger charge is 2.09. The SMILES string of the molecule is Cn1c(CCC(=O)O)nc2ncccc2c1=O. The van der Waals surface area contributed by atoms with E-state index in [4.69, 9.17) is 5.11 Å². The average Bonchev–Trinajstić information content (AvgIpc) is 2.32. The molecular formula is C11H11N3O3. The van der Waals surface area contributed by atoms with E-state index in [9.17, 15) is 9.59 Å². The third-order valence-corrected chi connectivity index (χ3v) is 2.51. The second-order valence-electron chi connectivity index (χ2n) is 3.66. The first-order valence-corrected chi connectivity index (χ1v) is 5.12. The summed E-state index contributed by atoms with van der Waals surface area (Å²) in [7, 11) is 1.58. The number of carbonyl (C=O) groups is 1. The molecule has 1 N–H and O–H groups in total. The Balaban J connectivity index is 2.54. The number of aliphatic carboxylic acids is 1. The number of aryl methyl sites for hydroxylation is 1. The van der Waals surface area contributed by atoms with Gasteiger partial charge in [-0.25, -0.2) is 9.97 Å². The minimum atomic E-state index is -0.916. The van der Waals surface area contributed by atoms with Crippen LogP contribution in [0.25, 0.3) is 11.0 Å². The summed E-state index contributed by atoms with van der Waals surface area (Å²) in [5.41, 5.74) is 0.152. The lowest BCUT2D eigenvalue weighted by atomic mass is 10.2. The van der Waals surface area contributed by atoms with Crippen molar-refractivity contribution in [1.29, 1.82) is 0 Å². The van der Waals surface area contributed by atoms with Crippen molar-refractivity contribution < 1.29 is 9.90 Å². The van der Waals surface area contributed by atoms with E-state index in [-0.39, 0.29) is 18.4 Å². The van der Waals surface area contributed by atoms with Gasteiger partial charge in [-0.05, 0) is 12.1 Å². The fourth-order valence-electron chi connectivity index (χ4n) is 1.59. The van der Waals surface area contributed by atoms with Gasteiger partial charge in [0, 0.05) is 19.7 Å². The molecule has 0 saturated carbocycles. The van der Waals surface area contributed by atoms with E-state index in [1.165, 1.54) is 4.57 Å². The molecule has 0 saturated heterocycles. The number of fused-ring (bicyclic) bond motifs is 1. The maximum Gasteiger partial charge on any atom is 0.303 e. The summed E-state index contributed by atoms with van der Waals surface area (Å²) in [5.74, 6) is -0.482. The van der Waals surface area contributed by atoms with E-state index in [0.29, 0.717) is 16.9 Å². The van der Waals surface area contributed by atoms with Crippen molar-refractivity contribution in [2.45, 2.75) is 12.8 Å². The first-order valence-electron chi connectivity index (χ1n) is 5.12. The van der Waals surface area contributed by atoms with Crippen LogP contribution in [0, 0.1) is 0 Å². The van der Waals surface area contributed by atoms with Crippen LogP contribution in [0.3, 0.4) is 0 Å². The molecule has 0 radical (unpaired) electrons. The quantitative estimate of drug-likeness (QED) is 0.826. The molecule has 0 spiro atoms. The standard InChI is InChI=1S/C11H11N3O3/c1-14-8(4-5-9(15)16)13-10-7(11(14)17)3-2-6-12-10/h2-3,6H,4-5H2,1H3,(H,15,16). The lowest BCUT2D eigenvalue weighted by Gasteiger charge is -2.07. The summed E-state index contributed by atoms with van der Waals surface area (Å²) in [5, 5.41) is 9.06. The van der Waals surface area contributed by atoms with Crippen molar-refractivity contribution in [3.05, 3.63) is 34.5 Å². The molecule has 0 bridgehead atoms. The topological polar surface area (TPSA) is 85.1 Å². The van der Waals surface area contributed by atoms with E-state index in [1.807, 2.05) is 0 Å². The molecule has 0 fully saturated rings. The number of carboxylic acids is 1. The van der Waals surface area contributed by atoms with Crippen molar-refractivity contribution in [1.82, 2.24) is 14.5 Å². The van der Waals surface area contributed by atoms with Gasteiger partial charge in [0.05, 0.1) is 11.8 Å². The predicted octanol–water partition coefficient (Wildman–Crippen LogP) is 0.346. The van der Waals surface area contributed by atoms with Gasteiger partial charge in [-0.1, -0.05) is 0 Å². The van der Waals surface area contributed by atoms with Crippen molar-refractivity contribution in [3.8, 4) is 0 Å². The number of rotatable bonds is 3. The van der Waals surface area contributed by atoms with Crippen LogP contribution in [0.15, 0.2) is 23.1 Å². The summed E-state index contributed by atoms with van der Waals surface area (Å²) >= 11 is 0. The number of hydrogen-bond acceptors (Lipinski definition) is 4. The predicted molar refractivity (Wildman–Crippen MR) is 60.7 cm³/mol. The third kappa shape index (κ3) is 2.15. The van der Waals surface area contributed by atoms with Gasteiger partial charge >= 0.3 is 5.97 Å². The summed E-state index contributed by atoms with van der Waals surface area (Å²) < 4.78 is 1.37. The minimum Gasteiger partial charge on any atom is -0.481 e. The molecule has 2 rings (SSSR count). The van der Waals surface area contributed by atoms with Crippen LogP contribution in [0.4, 0.5) is 0 Å². The van der Waals surface area contributed by atoms with Crippen LogP contribution in [0.2, 0.25) is 0 Å². The van der Waals surface area contributed by atoms with Gasteiger partial charge in [0.2, 0.25) is 0 Å². The highest BCUT2D eigenvalue weighted by molar-refractivity contribution is 5.73. The van der Waals surface area contributed by atoms with Crippen LogP contribution in [-0.2, 0) is 18.3 Å². The van der Waals surface area contributed by atoms with Gasteiger partial charge in [0.15, 0.2) is 5.65 Å². The van der Waals surface area contributed by atoms with E-state index in [2.05, 4.69) is 9.97 Å². The molecule has 6 heteroatoms. The Morgan fingerprint density at radius 2 is 2.29 bits per heavy atom. The Kier molecular flexibility index (Phi) is 2.86. The molecule has 6 nitrogen and oxygen atoms in total. The Hall–Kier alpha value is -2.24. The van der Waals surface area contributed by atoms with Gasteiger partial charge in [0.25, 0.3) is 5.56 Å². The van der Waals surface area contributed by atoms with Crippen LogP contribution in [0.1, 0.15) is 12.2 Å². The zero-order chi connectivity index (χ0) is 12.4. The van der Waals surface area contributed by atoms with Crippen molar-refractivity contribution >= 4 is 17.0 Å². The Morgan fingerprint density at radius 3 is 3.00 bits per heavy atom. The van der Waals surface area contributed by atoms with E-state index >= 15 is 0 Å². The monoisotopic (exact) mass is 233 g/mol. The maximum absolute atomic E-state index is 11.9. The van der Waals surface area contributed by atoms with Gasteiger partial charge in [-0.2, -0.15) is 0 Å². The smallest absolute Gasteiger partial charge is 0.303 e. The van der Waals surface area contributed by atoms with Gasteiger partial charge in [-0.3, -0.25) is 14.2 Å². The summed E-state index contributed by atoms with van der Waals surface area (Å²) in [6.45, 7) is 0. The Labute approximate surface area is 96.6 Å². The average molecular weight is 233 g/mol. The molecule has 88 valence electrons. The molecule has 0 aliphatic heterocycles. The maximum atomic E-state index is 11.9. The van der Waals surface area contributed by atoms with Crippen LogP contribution in [-0.4, -0.2) is 25.6 Å². The summed E-state index contributed by atoms with van der Waals surface area (Å²) in [6, 6.07) is 3.32. The van der Waals surface area contributed by atoms with E-state index < -0.39 is 5.97 Å². The lowest BCUT2D eigenvalue weighted by Crippen LogP contribution is -2.23. The molecule has 2 aromatic rings. The Morgan fingerprint density at radius 1 is 1.53 bits per heavy atom. The summed E-state index contributed by atoms with van der Waals surface area (Å²) in [4.78, 5) is 30.6. The summed E-state index contributed by atoms with van der Waals surface area (Å²) in [6.07, 6.45) is 1.71. The zero-order valence-electron chi connectivity index (χ0n) is 9.25. The number of nitrogens with zero attached hydrogens (tertiary/aromatic N) is 3. The normalized spacial score (nSPS) is 10.6. The highest BCUT2D eigenvalue weighted by atomic mass is 16.4. The molecule has 0 aliphatic rings. The van der Waals surface area contributed by atoms with Crippen LogP contribution >= 0.6 is 0 Å². The highest BCUT2D eigenvalue weighted by Crippen LogP contribution is 2.05. The number of hydrogen-bond donors (Lipinski definition) is 1. The minimum absolute atomic E-state index is 0.0569. The lowest BCUT2D eigenvalue weighted by molar-refractivity contribution is -0.137. The fraction of sp³-hybridized carbons (Fsp3) is 0.273. The van der Waals surface area contributed by atoms with Crippen molar-refractivity contribution in [3.63, 3.8) is 0 Å². The first kappa shape index (κ1) is 11.3. The molecule has 0 aliphatic carbocycles. The molecule has 2 heterocycles. The molecule has 2 aromatic heterocycles. The van der Waals surface area contributed by atoms with Crippen LogP contribution in [0.5, 0.6) is 0 Å². The molecular weight excluding hydrogens is 222 g/mol. The van der Waals surface area contributed by atoms with E-state index in [1.54, 1.807) is 25.4 Å². The molecule has 0 unspecified atom stereocenters. The van der Waals surface area contributed by atoms with Crippen LogP contribution < -0.4 is 5.56 Å². The van der Waals surface area contributed by atoms with Crippen molar-refractivity contribution in [2.24, 2.45) is 7.05 Å². The first-order chi connectivity index (χ1) is 8.09. The second-order valence-corrected chi connectivity index (χ2v) is 3.66. The molecule has 0 atom stereocenters. The van der Waals surface area contributed by atoms with Gasteiger partial charge in [0.1, 0.15) is 5.82 Å². The largest absolute Gasteiger partial charge is 0.481 e. The van der Waals surface area contributed by atoms with Gasteiger partial charge < -0.3 is 5.11 Å². The van der Waals surface area contributed by atoms with Crippen molar-refractivity contribution in [2.75, 3.05) is 0 Å². The zero-order valence-corrected chi connectivity index (χ0v) is 9.25. The molecule has 0 amide bonds. The second kappa shape index (κ2) is 4.32. The fourth-order valence-corrected chi connectivity index (χ4v) is 1.59. The number of aromatic nitrogens is 3. The number of carboxylic acid groups (broad SMARTS) is 1. The van der Waals surface area contributed by atoms with Gasteiger partial charge in [-0.15, -0.1) is 0 Å². The molecule has 17 heavy (non-hydrogen) atoms. The third-order valence-electron chi connectivity index (χ3n) is 2.51. The Bertz CT molecular complexity index is 633. The van der Waals surface area contributed by atoms with E-state index in [0.717, 1.165) is 0 Å². The number of pyridine rings is 1.